The van der Waals surface area contributed by atoms with Crippen molar-refractivity contribution in [3.05, 3.63) is 17.0 Å². The van der Waals surface area contributed by atoms with Gasteiger partial charge in [-0.15, -0.1) is 11.3 Å². The predicted octanol–water partition coefficient (Wildman–Crippen LogP) is 1.19. The van der Waals surface area contributed by atoms with Gasteiger partial charge in [0.2, 0.25) is 5.91 Å². The molecule has 8 heteroatoms. The van der Waals surface area contributed by atoms with Gasteiger partial charge in [-0.1, -0.05) is 0 Å². The standard InChI is InChI=1S/C15H22N2O4S2/c1-11-4-5-14(22-11)23(20,21)17-8-2-3-13(17)15(19)16-9-6-12(18)7-10-16/h4-5,12-13,18H,2-3,6-10H2,1H3. The van der Waals surface area contributed by atoms with Gasteiger partial charge in [-0.25, -0.2) is 8.42 Å². The molecule has 2 saturated heterocycles. The molecule has 0 radical (unpaired) electrons. The predicted molar refractivity (Wildman–Crippen MR) is 87.8 cm³/mol. The normalized spacial score (nSPS) is 24.3. The summed E-state index contributed by atoms with van der Waals surface area (Å²) < 4.78 is 27.3. The molecule has 0 spiro atoms. The van der Waals surface area contributed by atoms with Gasteiger partial charge in [-0.05, 0) is 44.7 Å². The summed E-state index contributed by atoms with van der Waals surface area (Å²) in [5, 5.41) is 9.56. The molecule has 23 heavy (non-hydrogen) atoms. The number of amides is 1. The highest BCUT2D eigenvalue weighted by Crippen LogP contribution is 2.31. The van der Waals surface area contributed by atoms with Crippen LogP contribution in [0.4, 0.5) is 0 Å². The molecule has 1 N–H and O–H groups in total. The lowest BCUT2D eigenvalue weighted by Crippen LogP contribution is -2.50. The number of hydrogen-bond donors (Lipinski definition) is 1. The summed E-state index contributed by atoms with van der Waals surface area (Å²) in [6, 6.07) is 2.81. The number of likely N-dealkylation sites (tertiary alicyclic amines) is 1. The van der Waals surface area contributed by atoms with Gasteiger partial charge in [0.1, 0.15) is 10.3 Å². The summed E-state index contributed by atoms with van der Waals surface area (Å²) in [5.41, 5.74) is 0. The van der Waals surface area contributed by atoms with Crippen molar-refractivity contribution in [3.63, 3.8) is 0 Å². The summed E-state index contributed by atoms with van der Waals surface area (Å²) in [6.07, 6.45) is 2.05. The molecule has 1 aromatic rings. The van der Waals surface area contributed by atoms with Crippen molar-refractivity contribution in [3.8, 4) is 0 Å². The van der Waals surface area contributed by atoms with Gasteiger partial charge < -0.3 is 10.0 Å². The monoisotopic (exact) mass is 358 g/mol. The number of nitrogens with zero attached hydrogens (tertiary/aromatic N) is 2. The third-order valence-electron chi connectivity index (χ3n) is 4.54. The lowest BCUT2D eigenvalue weighted by molar-refractivity contribution is -0.136. The molecule has 1 amide bonds. The van der Waals surface area contributed by atoms with Crippen LogP contribution in [-0.4, -0.2) is 60.4 Å². The maximum atomic E-state index is 12.8. The first kappa shape index (κ1) is 16.9. The molecule has 2 aliphatic rings. The number of hydrogen-bond acceptors (Lipinski definition) is 5. The molecule has 3 rings (SSSR count). The SMILES string of the molecule is Cc1ccc(S(=O)(=O)N2CCCC2C(=O)N2CCC(O)CC2)s1. The fourth-order valence-electron chi connectivity index (χ4n) is 3.24. The van der Waals surface area contributed by atoms with E-state index in [1.54, 1.807) is 17.0 Å². The van der Waals surface area contributed by atoms with Crippen molar-refractivity contribution in [2.24, 2.45) is 0 Å². The van der Waals surface area contributed by atoms with Gasteiger partial charge in [0.25, 0.3) is 10.0 Å². The van der Waals surface area contributed by atoms with Crippen LogP contribution < -0.4 is 0 Å². The minimum absolute atomic E-state index is 0.119. The van der Waals surface area contributed by atoms with Crippen LogP contribution in [0.15, 0.2) is 16.3 Å². The molecule has 6 nitrogen and oxygen atoms in total. The zero-order chi connectivity index (χ0) is 16.6. The number of sulfonamides is 1. The van der Waals surface area contributed by atoms with E-state index in [0.29, 0.717) is 49.5 Å². The highest BCUT2D eigenvalue weighted by Gasteiger charge is 2.42. The van der Waals surface area contributed by atoms with E-state index in [9.17, 15) is 18.3 Å². The number of aliphatic hydroxyl groups is 1. The van der Waals surface area contributed by atoms with Crippen LogP contribution >= 0.6 is 11.3 Å². The van der Waals surface area contributed by atoms with E-state index < -0.39 is 16.1 Å². The van der Waals surface area contributed by atoms with Crippen LogP contribution in [0, 0.1) is 6.92 Å². The summed E-state index contributed by atoms with van der Waals surface area (Å²) in [5.74, 6) is -0.119. The Balaban J connectivity index is 1.78. The summed E-state index contributed by atoms with van der Waals surface area (Å²) in [7, 11) is -3.61. The lowest BCUT2D eigenvalue weighted by atomic mass is 10.1. The molecule has 128 valence electrons. The average Bonchev–Trinajstić information content (AvgIpc) is 3.16. The summed E-state index contributed by atoms with van der Waals surface area (Å²) >= 11 is 1.24. The number of carbonyl (C=O) groups excluding carboxylic acids is 1. The maximum absolute atomic E-state index is 12.8. The lowest BCUT2D eigenvalue weighted by Gasteiger charge is -2.33. The van der Waals surface area contributed by atoms with E-state index in [1.807, 2.05) is 6.92 Å². The van der Waals surface area contributed by atoms with E-state index in [2.05, 4.69) is 0 Å². The quantitative estimate of drug-likeness (QED) is 0.880. The van der Waals surface area contributed by atoms with Crippen molar-refractivity contribution in [1.29, 1.82) is 0 Å². The number of piperidine rings is 1. The maximum Gasteiger partial charge on any atom is 0.253 e. The molecule has 3 heterocycles. The fraction of sp³-hybridized carbons (Fsp3) is 0.667. The Labute approximate surface area is 140 Å². The van der Waals surface area contributed by atoms with Crippen LogP contribution in [0.5, 0.6) is 0 Å². The molecular formula is C15H22N2O4S2. The number of rotatable bonds is 3. The number of aryl methyl sites for hydroxylation is 1. The Bertz CT molecular complexity index is 677. The molecule has 2 aliphatic heterocycles. The van der Waals surface area contributed by atoms with Gasteiger partial charge in [0.05, 0.1) is 6.10 Å². The third kappa shape index (κ3) is 3.31. The molecule has 0 aliphatic carbocycles. The number of thiophene rings is 1. The van der Waals surface area contributed by atoms with Gasteiger partial charge in [0, 0.05) is 24.5 Å². The van der Waals surface area contributed by atoms with Crippen LogP contribution in [0.25, 0.3) is 0 Å². The minimum Gasteiger partial charge on any atom is -0.393 e. The zero-order valence-electron chi connectivity index (χ0n) is 13.1. The fourth-order valence-corrected chi connectivity index (χ4v) is 6.30. The molecular weight excluding hydrogens is 336 g/mol. The van der Waals surface area contributed by atoms with E-state index in [4.69, 9.17) is 0 Å². The second-order valence-electron chi connectivity index (χ2n) is 6.20. The number of aliphatic hydroxyl groups excluding tert-OH is 1. The van der Waals surface area contributed by atoms with Gasteiger partial charge in [-0.2, -0.15) is 4.31 Å². The Kier molecular flexibility index (Phi) is 4.78. The van der Waals surface area contributed by atoms with E-state index in [-0.39, 0.29) is 12.0 Å². The first-order valence-corrected chi connectivity index (χ1v) is 10.2. The Morgan fingerprint density at radius 3 is 2.52 bits per heavy atom. The van der Waals surface area contributed by atoms with Gasteiger partial charge >= 0.3 is 0 Å². The largest absolute Gasteiger partial charge is 0.393 e. The average molecular weight is 358 g/mol. The third-order valence-corrected chi connectivity index (χ3v) is 7.92. The molecule has 0 bridgehead atoms. The van der Waals surface area contributed by atoms with Gasteiger partial charge in [-0.3, -0.25) is 4.79 Å². The second-order valence-corrected chi connectivity index (χ2v) is 9.60. The molecule has 2 fully saturated rings. The van der Waals surface area contributed by atoms with Gasteiger partial charge in [0.15, 0.2) is 0 Å². The highest BCUT2D eigenvalue weighted by atomic mass is 32.2. The van der Waals surface area contributed by atoms with E-state index in [1.165, 1.54) is 15.6 Å². The zero-order valence-corrected chi connectivity index (χ0v) is 14.8. The van der Waals surface area contributed by atoms with Crippen molar-refractivity contribution in [1.82, 2.24) is 9.21 Å². The highest BCUT2D eigenvalue weighted by molar-refractivity contribution is 7.91. The Morgan fingerprint density at radius 2 is 1.91 bits per heavy atom. The molecule has 1 atom stereocenters. The number of carbonyl (C=O) groups is 1. The van der Waals surface area contributed by atoms with Crippen molar-refractivity contribution < 1.29 is 18.3 Å². The second kappa shape index (κ2) is 6.51. The first-order chi connectivity index (χ1) is 10.9. The molecule has 1 unspecified atom stereocenters. The first-order valence-electron chi connectivity index (χ1n) is 7.95. The van der Waals surface area contributed by atoms with E-state index >= 15 is 0 Å². The van der Waals surface area contributed by atoms with Crippen molar-refractivity contribution >= 4 is 27.3 Å². The Morgan fingerprint density at radius 1 is 1.22 bits per heavy atom. The van der Waals surface area contributed by atoms with Crippen molar-refractivity contribution in [2.75, 3.05) is 19.6 Å². The van der Waals surface area contributed by atoms with Crippen LogP contribution in [-0.2, 0) is 14.8 Å². The van der Waals surface area contributed by atoms with Crippen molar-refractivity contribution in [2.45, 2.75) is 49.0 Å². The van der Waals surface area contributed by atoms with Crippen LogP contribution in [0.1, 0.15) is 30.6 Å². The summed E-state index contributed by atoms with van der Waals surface area (Å²) in [6.45, 7) is 3.27. The van der Waals surface area contributed by atoms with E-state index in [0.717, 1.165) is 4.88 Å². The summed E-state index contributed by atoms with van der Waals surface area (Å²) in [4.78, 5) is 15.4. The smallest absolute Gasteiger partial charge is 0.253 e. The van der Waals surface area contributed by atoms with Crippen LogP contribution in [0.2, 0.25) is 0 Å². The minimum atomic E-state index is -3.61. The topological polar surface area (TPSA) is 77.9 Å². The molecule has 0 aromatic carbocycles. The molecule has 0 saturated carbocycles. The molecule has 1 aromatic heterocycles. The Hall–Kier alpha value is -0.960. The van der Waals surface area contributed by atoms with Crippen LogP contribution in [0.3, 0.4) is 0 Å².